The number of carboxylic acid groups (broad SMARTS) is 1. The highest BCUT2D eigenvalue weighted by atomic mass is 35.5. The highest BCUT2D eigenvalue weighted by Gasteiger charge is 2.18. The molecule has 0 bridgehead atoms. The summed E-state index contributed by atoms with van der Waals surface area (Å²) < 4.78 is 17.9. The van der Waals surface area contributed by atoms with E-state index in [-0.39, 0.29) is 23.0 Å². The zero-order valence-electron chi connectivity index (χ0n) is 13.2. The maximum atomic E-state index is 14.2. The molecule has 3 rings (SSSR count). The topological polar surface area (TPSA) is 72.9 Å². The minimum atomic E-state index is -1.19. The van der Waals surface area contributed by atoms with Crippen LogP contribution in [-0.4, -0.2) is 30.2 Å². The molecule has 0 fully saturated rings. The number of imidazole rings is 2. The van der Waals surface area contributed by atoms with Crippen LogP contribution in [0.5, 0.6) is 0 Å². The normalized spacial score (nSPS) is 11.5. The Morgan fingerprint density at radius 1 is 1.42 bits per heavy atom. The quantitative estimate of drug-likeness (QED) is 0.715. The Morgan fingerprint density at radius 2 is 2.17 bits per heavy atom. The molecule has 0 aliphatic heterocycles. The number of aromatic carboxylic acids is 1. The van der Waals surface area contributed by atoms with E-state index in [1.165, 1.54) is 6.07 Å². The van der Waals surface area contributed by atoms with Gasteiger partial charge in [-0.15, -0.1) is 11.6 Å². The van der Waals surface area contributed by atoms with Gasteiger partial charge in [0.05, 0.1) is 35.5 Å². The van der Waals surface area contributed by atoms with Gasteiger partial charge in [-0.25, -0.2) is 19.2 Å². The van der Waals surface area contributed by atoms with Crippen molar-refractivity contribution < 1.29 is 14.3 Å². The van der Waals surface area contributed by atoms with Gasteiger partial charge in [0, 0.05) is 12.2 Å². The van der Waals surface area contributed by atoms with Crippen molar-refractivity contribution in [2.75, 3.05) is 0 Å². The third kappa shape index (κ3) is 2.75. The standard InChI is InChI=1S/C16H16ClFN4O2/c1-9(2)22-8-19-6-11(22)7-21-13-4-10(16(23)24)3-12(18)15(13)20-14(21)5-17/h3-4,6,8-9H,5,7H2,1-2H3,(H,23,24). The Labute approximate surface area is 142 Å². The number of alkyl halides is 1. The van der Waals surface area contributed by atoms with Crippen molar-refractivity contribution in [3.63, 3.8) is 0 Å². The Balaban J connectivity index is 2.18. The molecule has 2 aromatic heterocycles. The van der Waals surface area contributed by atoms with Crippen LogP contribution in [0.15, 0.2) is 24.7 Å². The van der Waals surface area contributed by atoms with Gasteiger partial charge in [0.15, 0.2) is 5.82 Å². The van der Waals surface area contributed by atoms with Crippen LogP contribution in [-0.2, 0) is 12.4 Å². The second kappa shape index (κ2) is 6.24. The molecule has 1 N–H and O–H groups in total. The van der Waals surface area contributed by atoms with E-state index in [1.807, 2.05) is 18.4 Å². The number of carboxylic acids is 1. The molecule has 1 aromatic carbocycles. The molecule has 126 valence electrons. The van der Waals surface area contributed by atoms with Crippen LogP contribution in [0.2, 0.25) is 0 Å². The smallest absolute Gasteiger partial charge is 0.335 e. The van der Waals surface area contributed by atoms with Gasteiger partial charge in [-0.1, -0.05) is 0 Å². The number of rotatable bonds is 5. The van der Waals surface area contributed by atoms with Gasteiger partial charge in [-0.2, -0.15) is 0 Å². The first kappa shape index (κ1) is 16.4. The lowest BCUT2D eigenvalue weighted by Gasteiger charge is -2.14. The molecule has 3 aromatic rings. The van der Waals surface area contributed by atoms with Crippen LogP contribution >= 0.6 is 11.6 Å². The van der Waals surface area contributed by atoms with Gasteiger partial charge < -0.3 is 14.2 Å². The second-order valence-corrected chi connectivity index (χ2v) is 6.03. The maximum Gasteiger partial charge on any atom is 0.335 e. The van der Waals surface area contributed by atoms with Crippen molar-refractivity contribution in [3.8, 4) is 0 Å². The number of aromatic nitrogens is 4. The second-order valence-electron chi connectivity index (χ2n) is 5.76. The van der Waals surface area contributed by atoms with Gasteiger partial charge in [0.1, 0.15) is 11.3 Å². The van der Waals surface area contributed by atoms with E-state index >= 15 is 0 Å². The summed E-state index contributed by atoms with van der Waals surface area (Å²) in [5.41, 5.74) is 1.29. The number of nitrogens with zero attached hydrogens (tertiary/aromatic N) is 4. The number of fused-ring (bicyclic) bond motifs is 1. The number of halogens is 2. The molecular formula is C16H16ClFN4O2. The lowest BCUT2D eigenvalue weighted by molar-refractivity contribution is 0.0696. The number of hydrogen-bond donors (Lipinski definition) is 1. The average Bonchev–Trinajstić information content (AvgIpc) is 3.13. The van der Waals surface area contributed by atoms with Gasteiger partial charge in [-0.05, 0) is 26.0 Å². The number of benzene rings is 1. The third-order valence-corrected chi connectivity index (χ3v) is 4.11. The largest absolute Gasteiger partial charge is 0.478 e. The molecule has 24 heavy (non-hydrogen) atoms. The van der Waals surface area contributed by atoms with Crippen molar-refractivity contribution in [1.82, 2.24) is 19.1 Å². The van der Waals surface area contributed by atoms with E-state index in [9.17, 15) is 9.18 Å². The SMILES string of the molecule is CC(C)n1cncc1Cn1c(CCl)nc2c(F)cc(C(=O)O)cc21. The Hall–Kier alpha value is -2.41. The molecule has 6 nitrogen and oxygen atoms in total. The first-order chi connectivity index (χ1) is 11.4. The van der Waals surface area contributed by atoms with E-state index in [0.717, 1.165) is 11.8 Å². The molecule has 0 aliphatic rings. The van der Waals surface area contributed by atoms with Crippen LogP contribution in [0.3, 0.4) is 0 Å². The fraction of sp³-hybridized carbons (Fsp3) is 0.312. The molecule has 0 saturated heterocycles. The summed E-state index contributed by atoms with van der Waals surface area (Å²) in [4.78, 5) is 19.6. The Bertz CT molecular complexity index is 916. The zero-order valence-corrected chi connectivity index (χ0v) is 14.0. The van der Waals surface area contributed by atoms with Crippen LogP contribution < -0.4 is 0 Å². The highest BCUT2D eigenvalue weighted by Crippen LogP contribution is 2.24. The monoisotopic (exact) mass is 350 g/mol. The van der Waals surface area contributed by atoms with Crippen molar-refractivity contribution in [2.45, 2.75) is 32.3 Å². The molecule has 2 heterocycles. The molecule has 0 amide bonds. The molecule has 0 radical (unpaired) electrons. The van der Waals surface area contributed by atoms with Gasteiger partial charge in [0.25, 0.3) is 0 Å². The fourth-order valence-corrected chi connectivity index (χ4v) is 2.92. The van der Waals surface area contributed by atoms with Crippen LogP contribution in [0.4, 0.5) is 4.39 Å². The van der Waals surface area contributed by atoms with Gasteiger partial charge in [0.2, 0.25) is 0 Å². The summed E-state index contributed by atoms with van der Waals surface area (Å²) in [5, 5.41) is 9.16. The van der Waals surface area contributed by atoms with Gasteiger partial charge >= 0.3 is 5.97 Å². The molecule has 0 atom stereocenters. The van der Waals surface area contributed by atoms with E-state index in [4.69, 9.17) is 16.7 Å². The molecule has 0 spiro atoms. The summed E-state index contributed by atoms with van der Waals surface area (Å²) >= 11 is 5.96. The summed E-state index contributed by atoms with van der Waals surface area (Å²) in [5.74, 6) is -1.30. The molecule has 8 heteroatoms. The summed E-state index contributed by atoms with van der Waals surface area (Å²) in [6.07, 6.45) is 3.45. The minimum Gasteiger partial charge on any atom is -0.478 e. The Morgan fingerprint density at radius 3 is 2.79 bits per heavy atom. The first-order valence-corrected chi connectivity index (χ1v) is 7.94. The third-order valence-electron chi connectivity index (χ3n) is 3.88. The fourth-order valence-electron chi connectivity index (χ4n) is 2.71. The Kier molecular flexibility index (Phi) is 4.28. The molecular weight excluding hydrogens is 335 g/mol. The van der Waals surface area contributed by atoms with E-state index in [2.05, 4.69) is 9.97 Å². The minimum absolute atomic E-state index is 0.0896. The lowest BCUT2D eigenvalue weighted by atomic mass is 10.2. The predicted molar refractivity (Wildman–Crippen MR) is 87.9 cm³/mol. The van der Waals surface area contributed by atoms with Crippen LogP contribution in [0, 0.1) is 5.82 Å². The maximum absolute atomic E-state index is 14.2. The first-order valence-electron chi connectivity index (χ1n) is 7.41. The lowest BCUT2D eigenvalue weighted by Crippen LogP contribution is -2.11. The molecule has 0 unspecified atom stereocenters. The van der Waals surface area contributed by atoms with Gasteiger partial charge in [-0.3, -0.25) is 0 Å². The van der Waals surface area contributed by atoms with E-state index in [1.54, 1.807) is 17.1 Å². The summed E-state index contributed by atoms with van der Waals surface area (Å²) in [7, 11) is 0. The van der Waals surface area contributed by atoms with Crippen LogP contribution in [0.25, 0.3) is 11.0 Å². The van der Waals surface area contributed by atoms with E-state index in [0.29, 0.717) is 17.9 Å². The van der Waals surface area contributed by atoms with Crippen molar-refractivity contribution in [3.05, 3.63) is 47.6 Å². The summed E-state index contributed by atoms with van der Waals surface area (Å²) in [6.45, 7) is 4.43. The molecule has 0 saturated carbocycles. The highest BCUT2D eigenvalue weighted by molar-refractivity contribution is 6.16. The molecule has 0 aliphatic carbocycles. The average molecular weight is 351 g/mol. The van der Waals surface area contributed by atoms with Crippen LogP contribution in [0.1, 0.15) is 41.8 Å². The van der Waals surface area contributed by atoms with Crippen molar-refractivity contribution >= 4 is 28.6 Å². The van der Waals surface area contributed by atoms with Crippen molar-refractivity contribution in [1.29, 1.82) is 0 Å². The number of carbonyl (C=O) groups is 1. The van der Waals surface area contributed by atoms with Crippen molar-refractivity contribution in [2.24, 2.45) is 0 Å². The zero-order chi connectivity index (χ0) is 17.4. The van der Waals surface area contributed by atoms with E-state index < -0.39 is 11.8 Å². The number of hydrogen-bond acceptors (Lipinski definition) is 3. The summed E-state index contributed by atoms with van der Waals surface area (Å²) in [6, 6.07) is 2.60. The predicted octanol–water partition coefficient (Wildman–Crippen LogP) is 3.44.